The van der Waals surface area contributed by atoms with E-state index in [0.29, 0.717) is 13.1 Å². The molecule has 14 nitrogen and oxygen atoms in total. The number of H-pyrrole nitrogens is 2. The van der Waals surface area contributed by atoms with E-state index in [1.54, 1.807) is 11.3 Å². The number of hydrogen-bond donors (Lipinski definition) is 4. The number of alkyl carbamates (subject to hydrolysis) is 2. The minimum atomic E-state index is -0.694. The van der Waals surface area contributed by atoms with Gasteiger partial charge in [-0.15, -0.1) is 11.3 Å². The van der Waals surface area contributed by atoms with Crippen LogP contribution in [0.25, 0.3) is 42.8 Å². The third kappa shape index (κ3) is 7.62. The maximum absolute atomic E-state index is 13.7. The third-order valence-corrected chi connectivity index (χ3v) is 11.9. The Labute approximate surface area is 323 Å². The van der Waals surface area contributed by atoms with Crippen molar-refractivity contribution in [3.63, 3.8) is 0 Å². The molecule has 4 atom stereocenters. The summed E-state index contributed by atoms with van der Waals surface area (Å²) in [6.45, 7) is 8.80. The number of rotatable bonds is 10. The highest BCUT2D eigenvalue weighted by Crippen LogP contribution is 2.38. The standard InChI is InChI=1S/C40H48N8O6S/c1-21(2)33(45-39(51)53-5)37(49)47-15-7-9-29(47)35-41-20-28(44-35)32-14-13-31(55-32)24-12-11-23-18-26-27(19-25(23)17-24)43-36(42-26)30-10-8-16-48(30)38(50)34(22(3)4)46-40(52)54-6/h11-14,17-22,29-30,33-34H,7-10,15-16H2,1-6H3,(H,41,44)(H,42,43)(H,45,51)(H,46,52)/t29-,30-,33?,34?/m0/s1. The summed E-state index contributed by atoms with van der Waals surface area (Å²) in [4.78, 5) is 73.6. The van der Waals surface area contributed by atoms with Crippen LogP contribution in [0.4, 0.5) is 9.59 Å². The van der Waals surface area contributed by atoms with Crippen molar-refractivity contribution in [1.82, 2.24) is 40.4 Å². The number of nitrogens with one attached hydrogen (secondary N) is 4. The number of likely N-dealkylation sites (tertiary alicyclic amines) is 2. The lowest BCUT2D eigenvalue weighted by molar-refractivity contribution is -0.136. The Kier molecular flexibility index (Phi) is 10.8. The molecule has 0 bridgehead atoms. The number of thiophene rings is 1. The quantitative estimate of drug-likeness (QED) is 0.118. The van der Waals surface area contributed by atoms with Gasteiger partial charge in [-0.05, 0) is 84.2 Å². The molecule has 2 aliphatic rings. The van der Waals surface area contributed by atoms with Crippen LogP contribution in [0.3, 0.4) is 0 Å². The van der Waals surface area contributed by atoms with Gasteiger partial charge in [0, 0.05) is 18.0 Å². The minimum absolute atomic E-state index is 0.107. The van der Waals surface area contributed by atoms with Crippen LogP contribution in [0.15, 0.2) is 48.7 Å². The molecule has 2 aromatic carbocycles. The van der Waals surface area contributed by atoms with E-state index in [1.165, 1.54) is 14.2 Å². The predicted molar refractivity (Wildman–Crippen MR) is 210 cm³/mol. The molecule has 4 amide bonds. The number of hydrogen-bond acceptors (Lipinski definition) is 9. The first kappa shape index (κ1) is 37.9. The van der Waals surface area contributed by atoms with Gasteiger partial charge in [-0.25, -0.2) is 19.6 Å². The van der Waals surface area contributed by atoms with Crippen LogP contribution in [-0.4, -0.2) is 93.1 Å². The first-order valence-electron chi connectivity index (χ1n) is 18.8. The van der Waals surface area contributed by atoms with Gasteiger partial charge in [-0.3, -0.25) is 9.59 Å². The highest BCUT2D eigenvalue weighted by Gasteiger charge is 2.39. The van der Waals surface area contributed by atoms with Crippen molar-refractivity contribution >= 4 is 57.1 Å². The van der Waals surface area contributed by atoms with Gasteiger partial charge in [0.2, 0.25) is 11.8 Å². The van der Waals surface area contributed by atoms with Crippen LogP contribution in [0.1, 0.15) is 77.1 Å². The van der Waals surface area contributed by atoms with Crippen molar-refractivity contribution < 1.29 is 28.7 Å². The number of ether oxygens (including phenoxy) is 2. The molecule has 290 valence electrons. The van der Waals surface area contributed by atoms with Crippen molar-refractivity contribution in [2.24, 2.45) is 11.8 Å². The van der Waals surface area contributed by atoms with E-state index >= 15 is 0 Å². The number of carbonyl (C=O) groups excluding carboxylic acids is 4. The summed E-state index contributed by atoms with van der Waals surface area (Å²) < 4.78 is 9.54. The monoisotopic (exact) mass is 768 g/mol. The van der Waals surface area contributed by atoms with E-state index in [9.17, 15) is 19.2 Å². The topological polar surface area (TPSA) is 175 Å². The zero-order valence-electron chi connectivity index (χ0n) is 32.0. The number of nitrogens with zero attached hydrogens (tertiary/aromatic N) is 4. The zero-order valence-corrected chi connectivity index (χ0v) is 32.8. The van der Waals surface area contributed by atoms with Crippen LogP contribution in [0, 0.1) is 11.8 Å². The Morgan fingerprint density at radius 1 is 0.764 bits per heavy atom. The second-order valence-corrected chi connectivity index (χ2v) is 16.1. The van der Waals surface area contributed by atoms with E-state index < -0.39 is 24.3 Å². The molecule has 2 fully saturated rings. The summed E-state index contributed by atoms with van der Waals surface area (Å²) >= 11 is 1.66. The number of carbonyl (C=O) groups is 4. The van der Waals surface area contributed by atoms with Gasteiger partial charge in [0.25, 0.3) is 0 Å². The summed E-state index contributed by atoms with van der Waals surface area (Å²) in [7, 11) is 2.58. The van der Waals surface area contributed by atoms with Crippen molar-refractivity contribution in [3.05, 3.63) is 60.3 Å². The molecular weight excluding hydrogens is 721 g/mol. The number of fused-ring (bicyclic) bond motifs is 2. The molecule has 4 N–H and O–H groups in total. The Balaban J connectivity index is 1.08. The van der Waals surface area contributed by atoms with Crippen molar-refractivity contribution in [3.8, 4) is 21.0 Å². The number of imidazole rings is 2. The average molecular weight is 769 g/mol. The number of methoxy groups -OCH3 is 2. The number of aromatic nitrogens is 4. The van der Waals surface area contributed by atoms with Crippen molar-refractivity contribution in [1.29, 1.82) is 0 Å². The molecule has 15 heteroatoms. The van der Waals surface area contributed by atoms with Crippen LogP contribution >= 0.6 is 11.3 Å². The Morgan fingerprint density at radius 2 is 1.36 bits per heavy atom. The molecule has 7 rings (SSSR count). The van der Waals surface area contributed by atoms with E-state index in [4.69, 9.17) is 19.4 Å². The van der Waals surface area contributed by atoms with Crippen LogP contribution in [0.5, 0.6) is 0 Å². The highest BCUT2D eigenvalue weighted by atomic mass is 32.1. The molecule has 5 aromatic rings. The fourth-order valence-electron chi connectivity index (χ4n) is 7.74. The Morgan fingerprint density at radius 3 is 1.96 bits per heavy atom. The van der Waals surface area contributed by atoms with E-state index in [-0.39, 0.29) is 35.7 Å². The molecular formula is C40H48N8O6S. The molecule has 2 aliphatic heterocycles. The summed E-state index contributed by atoms with van der Waals surface area (Å²) in [6, 6.07) is 13.0. The van der Waals surface area contributed by atoms with Gasteiger partial charge < -0.3 is 39.9 Å². The summed E-state index contributed by atoms with van der Waals surface area (Å²) in [6.07, 6.45) is 3.83. The molecule has 0 aliphatic carbocycles. The molecule has 0 spiro atoms. The smallest absolute Gasteiger partial charge is 0.407 e. The molecule has 2 unspecified atom stereocenters. The van der Waals surface area contributed by atoms with E-state index in [2.05, 4.69) is 63.1 Å². The zero-order chi connectivity index (χ0) is 39.0. The maximum atomic E-state index is 13.7. The SMILES string of the molecule is COC(=O)NC(C(=O)N1CCC[C@H]1c1ncc(-c2ccc(-c3ccc4cc5nc([C@@H]6CCCN6C(=O)C(NC(=O)OC)C(C)C)[nH]c5cc4c3)s2)[nH]1)C(C)C. The van der Waals surface area contributed by atoms with Crippen LogP contribution in [0.2, 0.25) is 0 Å². The van der Waals surface area contributed by atoms with Gasteiger partial charge in [-0.2, -0.15) is 0 Å². The van der Waals surface area contributed by atoms with Gasteiger partial charge >= 0.3 is 12.2 Å². The lowest BCUT2D eigenvalue weighted by Gasteiger charge is -2.30. The van der Waals surface area contributed by atoms with Crippen molar-refractivity contribution in [2.45, 2.75) is 77.5 Å². The van der Waals surface area contributed by atoms with Gasteiger partial charge in [0.15, 0.2) is 0 Å². The first-order valence-corrected chi connectivity index (χ1v) is 19.7. The van der Waals surface area contributed by atoms with E-state index in [1.807, 2.05) is 43.7 Å². The molecule has 0 saturated carbocycles. The highest BCUT2D eigenvalue weighted by molar-refractivity contribution is 7.18. The van der Waals surface area contributed by atoms with Crippen LogP contribution < -0.4 is 10.6 Å². The fraction of sp³-hybridized carbons (Fsp3) is 0.450. The van der Waals surface area contributed by atoms with Gasteiger partial charge in [0.1, 0.15) is 23.7 Å². The summed E-state index contributed by atoms with van der Waals surface area (Å²) in [5.74, 6) is 0.972. The lowest BCUT2D eigenvalue weighted by atomic mass is 10.0. The Bertz CT molecular complexity index is 2220. The second-order valence-electron chi connectivity index (χ2n) is 15.0. The first-order chi connectivity index (χ1) is 26.4. The maximum Gasteiger partial charge on any atom is 0.407 e. The van der Waals surface area contributed by atoms with E-state index in [0.717, 1.165) is 80.1 Å². The minimum Gasteiger partial charge on any atom is -0.453 e. The molecule has 5 heterocycles. The fourth-order valence-corrected chi connectivity index (χ4v) is 8.71. The number of benzene rings is 2. The number of aromatic amines is 2. The third-order valence-electron chi connectivity index (χ3n) is 10.7. The molecule has 2 saturated heterocycles. The normalized spacial score (nSPS) is 18.3. The molecule has 55 heavy (non-hydrogen) atoms. The largest absolute Gasteiger partial charge is 0.453 e. The summed E-state index contributed by atoms with van der Waals surface area (Å²) in [5, 5.41) is 7.53. The number of amides is 4. The summed E-state index contributed by atoms with van der Waals surface area (Å²) in [5.41, 5.74) is 3.69. The van der Waals surface area contributed by atoms with Crippen molar-refractivity contribution in [2.75, 3.05) is 27.3 Å². The molecule has 3 aromatic heterocycles. The predicted octanol–water partition coefficient (Wildman–Crippen LogP) is 6.92. The average Bonchev–Trinajstić information content (AvgIpc) is 4.02. The van der Waals surface area contributed by atoms with Crippen LogP contribution in [-0.2, 0) is 19.1 Å². The van der Waals surface area contributed by atoms with Gasteiger partial charge in [-0.1, -0.05) is 39.8 Å². The van der Waals surface area contributed by atoms with Gasteiger partial charge in [0.05, 0.1) is 54.1 Å². The second kappa shape index (κ2) is 15.7. The lowest BCUT2D eigenvalue weighted by Crippen LogP contribution is -2.51. The molecule has 0 radical (unpaired) electrons. The Hall–Kier alpha value is -5.44.